The van der Waals surface area contributed by atoms with Gasteiger partial charge < -0.3 is 97.5 Å². The number of hydrogen-bond donors (Lipinski definition) is 4. The van der Waals surface area contributed by atoms with E-state index in [0.717, 1.165) is 25.7 Å². The lowest BCUT2D eigenvalue weighted by Gasteiger charge is -2.36. The maximum Gasteiger partial charge on any atom is 0.389 e. The molecule has 0 radical (unpaired) electrons. The molecule has 0 spiro atoms. The number of nitrogens with zero attached hydrogens (tertiary/aromatic N) is 3. The Labute approximate surface area is 544 Å². The molecule has 0 aromatic carbocycles. The van der Waals surface area contributed by atoms with Crippen molar-refractivity contribution in [1.29, 1.82) is 0 Å². The summed E-state index contributed by atoms with van der Waals surface area (Å²) in [7, 11) is 0. The lowest BCUT2D eigenvalue weighted by Crippen LogP contribution is -2.54. The molecule has 0 saturated heterocycles. The highest BCUT2D eigenvalue weighted by atomic mass is 19.4. The van der Waals surface area contributed by atoms with Crippen LogP contribution in [0.5, 0.6) is 0 Å². The van der Waals surface area contributed by atoms with Crippen LogP contribution in [0.2, 0.25) is 0 Å². The third-order valence-corrected chi connectivity index (χ3v) is 12.1. The monoisotopic (exact) mass is 1390 g/mol. The molecule has 94 heavy (non-hydrogen) atoms. The van der Waals surface area contributed by atoms with Crippen LogP contribution in [0.25, 0.3) is 0 Å². The molecule has 0 bridgehead atoms. The molecule has 0 aromatic heterocycles. The minimum Gasteiger partial charge on any atom is -0.379 e. The summed E-state index contributed by atoms with van der Waals surface area (Å²) in [6.45, 7) is 2.81. The number of rotatable bonds is 63. The minimum atomic E-state index is -5.63. The van der Waals surface area contributed by atoms with E-state index in [1.54, 1.807) is 0 Å². The van der Waals surface area contributed by atoms with E-state index in [0.29, 0.717) is 94.0 Å². The molecule has 36 heteroatoms. The molecule has 7 amide bonds. The highest BCUT2D eigenvalue weighted by Crippen LogP contribution is 2.48. The predicted octanol–water partition coefficient (Wildman–Crippen LogP) is 2.64. The lowest BCUT2D eigenvalue weighted by molar-refractivity contribution is -0.235. The second kappa shape index (κ2) is 56.2. The number of ether oxygens (including phenoxy) is 13. The van der Waals surface area contributed by atoms with Gasteiger partial charge in [0, 0.05) is 58.0 Å². The number of carbonyl (C=O) groups is 7. The topological polar surface area (TPSA) is 297 Å². The molecule has 0 atom stereocenters. The Morgan fingerprint density at radius 3 is 0.691 bits per heavy atom. The van der Waals surface area contributed by atoms with Gasteiger partial charge in [-0.15, -0.1) is 0 Å². The summed E-state index contributed by atoms with van der Waals surface area (Å²) in [6.07, 6.45) is -21.6. The maximum atomic E-state index is 14.4. The first kappa shape index (κ1) is 89.1. The van der Waals surface area contributed by atoms with Gasteiger partial charge in [0.25, 0.3) is 0 Å². The first-order valence-electron chi connectivity index (χ1n) is 31.4. The van der Waals surface area contributed by atoms with Gasteiger partial charge in [-0.25, -0.2) is 0 Å². The van der Waals surface area contributed by atoms with Gasteiger partial charge in [0.05, 0.1) is 158 Å². The van der Waals surface area contributed by atoms with E-state index in [-0.39, 0.29) is 105 Å². The van der Waals surface area contributed by atoms with Crippen LogP contribution in [-0.2, 0) is 95.1 Å². The van der Waals surface area contributed by atoms with Crippen molar-refractivity contribution in [1.82, 2.24) is 36.0 Å². The molecular formula is C58H102F9N7O20. The molecule has 27 nitrogen and oxygen atoms in total. The molecule has 0 rings (SSSR count). The van der Waals surface area contributed by atoms with Crippen LogP contribution in [0, 0.1) is 5.41 Å². The van der Waals surface area contributed by atoms with E-state index in [2.05, 4.69) is 21.3 Å². The first-order chi connectivity index (χ1) is 44.8. The third kappa shape index (κ3) is 55.3. The normalized spacial score (nSPS) is 12.0. The quantitative estimate of drug-likeness (QED) is 0.0503. The Hall–Kier alpha value is -4.86. The van der Waals surface area contributed by atoms with E-state index in [4.69, 9.17) is 61.6 Å². The Morgan fingerprint density at radius 1 is 0.277 bits per heavy atom. The van der Waals surface area contributed by atoms with E-state index in [9.17, 15) is 73.1 Å². The summed E-state index contributed by atoms with van der Waals surface area (Å²) >= 11 is 0. The molecule has 4 N–H and O–H groups in total. The van der Waals surface area contributed by atoms with Crippen molar-refractivity contribution >= 4 is 41.4 Å². The average molecular weight is 1390 g/mol. The summed E-state index contributed by atoms with van der Waals surface area (Å²) < 4.78 is 194. The summed E-state index contributed by atoms with van der Waals surface area (Å²) in [5.41, 5.74) is -3.78. The molecule has 0 saturated carbocycles. The fourth-order valence-corrected chi connectivity index (χ4v) is 8.00. The van der Waals surface area contributed by atoms with Crippen LogP contribution < -0.4 is 21.3 Å². The Bertz CT molecular complexity index is 1780. The Balaban J connectivity index is 6.98. The second-order valence-electron chi connectivity index (χ2n) is 20.9. The largest absolute Gasteiger partial charge is 0.389 e. The highest BCUT2D eigenvalue weighted by molar-refractivity contribution is 5.95. The number of carbonyl (C=O) groups excluding carboxylic acids is 7. The molecular weight excluding hydrogens is 1290 g/mol. The van der Waals surface area contributed by atoms with Crippen molar-refractivity contribution in [2.45, 2.75) is 91.2 Å². The smallest absolute Gasteiger partial charge is 0.379 e. The third-order valence-electron chi connectivity index (χ3n) is 12.1. The number of hydrogen-bond acceptors (Lipinski definition) is 20. The predicted molar refractivity (Wildman–Crippen MR) is 318 cm³/mol. The minimum absolute atomic E-state index is 0.0707. The zero-order valence-electron chi connectivity index (χ0n) is 54.8. The van der Waals surface area contributed by atoms with Crippen molar-refractivity contribution in [2.24, 2.45) is 5.41 Å². The summed E-state index contributed by atoms with van der Waals surface area (Å²) in [5.74, 6) is -7.88. The number of nitrogens with one attached hydrogen (secondary N) is 4. The van der Waals surface area contributed by atoms with Crippen molar-refractivity contribution in [3.05, 3.63) is 0 Å². The van der Waals surface area contributed by atoms with Gasteiger partial charge in [-0.3, -0.25) is 33.6 Å². The second-order valence-corrected chi connectivity index (χ2v) is 20.9. The van der Waals surface area contributed by atoms with Gasteiger partial charge in [-0.1, -0.05) is 27.7 Å². The zero-order chi connectivity index (χ0) is 70.2. The lowest BCUT2D eigenvalue weighted by atomic mass is 9.78. The van der Waals surface area contributed by atoms with Crippen LogP contribution >= 0.6 is 0 Å². The van der Waals surface area contributed by atoms with E-state index in [1.807, 2.05) is 27.7 Å². The summed E-state index contributed by atoms with van der Waals surface area (Å²) in [6, 6.07) is 0. The first-order valence-corrected chi connectivity index (χ1v) is 31.4. The van der Waals surface area contributed by atoms with Gasteiger partial charge in [0.15, 0.2) is 0 Å². The molecule has 0 aliphatic rings. The van der Waals surface area contributed by atoms with Crippen LogP contribution in [0.3, 0.4) is 0 Å². The SMILES string of the molecule is CCCOCCOCCOCCNC(=O)CN(CC(=O)NCCOCCOCCOCCC)C(=O)CN(CC(=O)N(CC(=O)NCCOCCOCCOCCC)CC(=O)NCCOCCOCCOCCC)C(=O)COCC(CC(F)(F)F)(CC(F)(F)F)CC(F)(F)F. The molecule has 0 unspecified atom stereocenters. The maximum absolute atomic E-state index is 14.4. The van der Waals surface area contributed by atoms with Gasteiger partial charge in [-0.05, 0) is 25.7 Å². The number of alkyl halides is 9. The molecule has 552 valence electrons. The van der Waals surface area contributed by atoms with Crippen LogP contribution in [-0.4, -0.2) is 312 Å². The standard InChI is InChI=1S/C58H102F9N7O20/c1-5-13-82-21-29-90-33-25-86-17-9-68-48(75)37-72(38-49(76)69-10-18-87-26-34-91-30-22-83-14-6-2)52(79)41-74(54(81)43-94-47-55(44-56(59,60)61,45-57(62,63)64)46-58(65,66)67)42-53(80)73(39-50(77)70-11-19-88-27-35-92-31-23-84-15-7-3)40-51(78)71-12-20-89-28-36-93-32-24-85-16-8-4/h5-47H2,1-4H3,(H,68,75)(H,69,76)(H,70,77)(H,71,78). The Morgan fingerprint density at radius 2 is 0.479 bits per heavy atom. The van der Waals surface area contributed by atoms with Crippen LogP contribution in [0.1, 0.15) is 72.6 Å². The highest BCUT2D eigenvalue weighted by Gasteiger charge is 2.54. The number of halogens is 9. The fourth-order valence-electron chi connectivity index (χ4n) is 8.00. The van der Waals surface area contributed by atoms with E-state index < -0.39 is 137 Å². The fraction of sp³-hybridized carbons (Fsp3) is 0.879. The van der Waals surface area contributed by atoms with Crippen LogP contribution in [0.4, 0.5) is 39.5 Å². The molecule has 0 heterocycles. The van der Waals surface area contributed by atoms with Crippen LogP contribution in [0.15, 0.2) is 0 Å². The van der Waals surface area contributed by atoms with Gasteiger partial charge in [0.2, 0.25) is 41.4 Å². The molecule has 0 aliphatic carbocycles. The van der Waals surface area contributed by atoms with Crippen molar-refractivity contribution in [3.8, 4) is 0 Å². The number of amides is 7. The molecule has 0 aromatic rings. The van der Waals surface area contributed by atoms with Crippen molar-refractivity contribution < 1.29 is 135 Å². The average Bonchev–Trinajstić information content (AvgIpc) is 0.817. The van der Waals surface area contributed by atoms with E-state index >= 15 is 0 Å². The van der Waals surface area contributed by atoms with Gasteiger partial charge in [0.1, 0.15) is 45.9 Å². The van der Waals surface area contributed by atoms with Gasteiger partial charge >= 0.3 is 18.5 Å². The van der Waals surface area contributed by atoms with Gasteiger partial charge in [-0.2, -0.15) is 39.5 Å². The van der Waals surface area contributed by atoms with E-state index in [1.165, 1.54) is 0 Å². The zero-order valence-corrected chi connectivity index (χ0v) is 54.8. The van der Waals surface area contributed by atoms with Crippen molar-refractivity contribution in [2.75, 3.05) is 237 Å². The summed E-state index contributed by atoms with van der Waals surface area (Å²) in [5, 5.41) is 9.92. The molecule has 0 aliphatic heterocycles. The Kier molecular flexibility index (Phi) is 53.3. The van der Waals surface area contributed by atoms with Crippen molar-refractivity contribution in [3.63, 3.8) is 0 Å². The summed E-state index contributed by atoms with van der Waals surface area (Å²) in [4.78, 5) is 98.0. The molecule has 0 fully saturated rings.